The van der Waals surface area contributed by atoms with Crippen molar-refractivity contribution < 1.29 is 14.3 Å². The highest BCUT2D eigenvalue weighted by molar-refractivity contribution is 5.98. The number of rotatable bonds is 4. The summed E-state index contributed by atoms with van der Waals surface area (Å²) < 4.78 is 10.6. The molecule has 1 amide bonds. The van der Waals surface area contributed by atoms with Crippen LogP contribution >= 0.6 is 0 Å². The van der Waals surface area contributed by atoms with Crippen LogP contribution in [0.3, 0.4) is 0 Å². The van der Waals surface area contributed by atoms with Crippen molar-refractivity contribution in [3.8, 4) is 11.5 Å². The number of carbonyl (C=O) groups excluding carboxylic acids is 1. The molecule has 2 rings (SSSR count). The zero-order valence-electron chi connectivity index (χ0n) is 12.3. The molecule has 0 saturated carbocycles. The average molecular weight is 278 g/mol. The van der Waals surface area contributed by atoms with Gasteiger partial charge in [0, 0.05) is 12.6 Å². The van der Waals surface area contributed by atoms with Crippen molar-refractivity contribution in [2.24, 2.45) is 11.7 Å². The number of methoxy groups -OCH3 is 2. The Balaban J connectivity index is 2.30. The molecule has 1 fully saturated rings. The van der Waals surface area contributed by atoms with Gasteiger partial charge in [-0.05, 0) is 37.9 Å². The third-order valence-corrected chi connectivity index (χ3v) is 3.89. The minimum absolute atomic E-state index is 0.0239. The van der Waals surface area contributed by atoms with Crippen molar-refractivity contribution >= 4 is 5.91 Å². The van der Waals surface area contributed by atoms with Crippen molar-refractivity contribution in [3.05, 3.63) is 23.8 Å². The molecule has 1 aromatic carbocycles. The summed E-state index contributed by atoms with van der Waals surface area (Å²) >= 11 is 0. The summed E-state index contributed by atoms with van der Waals surface area (Å²) in [6.07, 6.45) is 0.953. The van der Waals surface area contributed by atoms with Gasteiger partial charge >= 0.3 is 0 Å². The number of benzene rings is 1. The van der Waals surface area contributed by atoms with E-state index in [1.165, 1.54) is 0 Å². The first-order valence-corrected chi connectivity index (χ1v) is 6.84. The number of amides is 1. The fraction of sp³-hybridized carbons (Fsp3) is 0.533. The molecule has 2 atom stereocenters. The number of ether oxygens (including phenoxy) is 2. The first-order valence-electron chi connectivity index (χ1n) is 6.84. The molecule has 0 bridgehead atoms. The normalized spacial score (nSPS) is 21.9. The number of likely N-dealkylation sites (tertiary alicyclic amines) is 1. The minimum Gasteiger partial charge on any atom is -0.493 e. The summed E-state index contributed by atoms with van der Waals surface area (Å²) in [5.41, 5.74) is 6.25. The number of nitrogens with two attached hydrogens (primary N) is 1. The highest BCUT2D eigenvalue weighted by atomic mass is 16.5. The summed E-state index contributed by atoms with van der Waals surface area (Å²) in [6, 6.07) is 5.56. The molecule has 110 valence electrons. The highest BCUT2D eigenvalue weighted by Crippen LogP contribution is 2.33. The lowest BCUT2D eigenvalue weighted by atomic mass is 10.1. The first kappa shape index (κ1) is 14.7. The van der Waals surface area contributed by atoms with Crippen LogP contribution in [0.25, 0.3) is 0 Å². The van der Waals surface area contributed by atoms with Crippen molar-refractivity contribution in [1.29, 1.82) is 0 Å². The van der Waals surface area contributed by atoms with Gasteiger partial charge < -0.3 is 20.1 Å². The van der Waals surface area contributed by atoms with E-state index in [9.17, 15) is 4.79 Å². The Morgan fingerprint density at radius 2 is 2.15 bits per heavy atom. The van der Waals surface area contributed by atoms with E-state index in [-0.39, 0.29) is 11.9 Å². The van der Waals surface area contributed by atoms with E-state index in [1.54, 1.807) is 32.4 Å². The molecule has 1 aliphatic heterocycles. The van der Waals surface area contributed by atoms with Gasteiger partial charge in [-0.2, -0.15) is 0 Å². The highest BCUT2D eigenvalue weighted by Gasteiger charge is 2.33. The van der Waals surface area contributed by atoms with Crippen LogP contribution in [0, 0.1) is 5.92 Å². The third kappa shape index (κ3) is 2.58. The smallest absolute Gasteiger partial charge is 0.258 e. The predicted molar refractivity (Wildman–Crippen MR) is 77.2 cm³/mol. The minimum atomic E-state index is -0.0239. The largest absolute Gasteiger partial charge is 0.493 e. The van der Waals surface area contributed by atoms with Crippen molar-refractivity contribution in [1.82, 2.24) is 4.90 Å². The Bertz CT molecular complexity index is 490. The number of nitrogens with zero attached hydrogens (tertiary/aromatic N) is 1. The lowest BCUT2D eigenvalue weighted by molar-refractivity contribution is 0.0739. The number of para-hydroxylation sites is 1. The Morgan fingerprint density at radius 3 is 2.70 bits per heavy atom. The van der Waals surface area contributed by atoms with E-state index in [0.717, 1.165) is 6.42 Å². The number of hydrogen-bond donors (Lipinski definition) is 1. The third-order valence-electron chi connectivity index (χ3n) is 3.89. The Kier molecular flexibility index (Phi) is 4.49. The van der Waals surface area contributed by atoms with Crippen LogP contribution in [-0.2, 0) is 0 Å². The topological polar surface area (TPSA) is 64.8 Å². The van der Waals surface area contributed by atoms with E-state index in [2.05, 4.69) is 6.92 Å². The summed E-state index contributed by atoms with van der Waals surface area (Å²) in [6.45, 7) is 3.38. The van der Waals surface area contributed by atoms with Crippen LogP contribution in [0.5, 0.6) is 11.5 Å². The molecule has 0 radical (unpaired) electrons. The van der Waals surface area contributed by atoms with Gasteiger partial charge in [-0.3, -0.25) is 4.79 Å². The lowest BCUT2D eigenvalue weighted by Gasteiger charge is -2.23. The second-order valence-electron chi connectivity index (χ2n) is 5.19. The van der Waals surface area contributed by atoms with Crippen LogP contribution in [-0.4, -0.2) is 44.2 Å². The average Bonchev–Trinajstić information content (AvgIpc) is 2.86. The van der Waals surface area contributed by atoms with Gasteiger partial charge in [0.2, 0.25) is 0 Å². The van der Waals surface area contributed by atoms with Crippen molar-refractivity contribution in [3.63, 3.8) is 0 Å². The maximum absolute atomic E-state index is 12.7. The standard InChI is InChI=1S/C15H22N2O3/c1-10-7-11(8-16)9-17(10)15(18)12-5-4-6-13(19-2)14(12)20-3/h4-6,10-11H,7-9,16H2,1-3H3. The molecule has 0 aliphatic carbocycles. The predicted octanol–water partition coefficient (Wildman–Crippen LogP) is 1.51. The molecule has 0 spiro atoms. The summed E-state index contributed by atoms with van der Waals surface area (Å²) in [7, 11) is 3.11. The molecule has 5 heteroatoms. The number of carbonyl (C=O) groups is 1. The van der Waals surface area contributed by atoms with Gasteiger partial charge in [-0.25, -0.2) is 0 Å². The van der Waals surface area contributed by atoms with Gasteiger partial charge in [-0.1, -0.05) is 6.07 Å². The zero-order valence-corrected chi connectivity index (χ0v) is 12.3. The van der Waals surface area contributed by atoms with Gasteiger partial charge in [0.05, 0.1) is 19.8 Å². The van der Waals surface area contributed by atoms with Crippen molar-refractivity contribution in [2.45, 2.75) is 19.4 Å². The van der Waals surface area contributed by atoms with Crippen LogP contribution in [0.2, 0.25) is 0 Å². The SMILES string of the molecule is COc1cccc(C(=O)N2CC(CN)CC2C)c1OC. The molecule has 1 saturated heterocycles. The second kappa shape index (κ2) is 6.13. The second-order valence-corrected chi connectivity index (χ2v) is 5.19. The fourth-order valence-electron chi connectivity index (χ4n) is 2.81. The van der Waals surface area contributed by atoms with Gasteiger partial charge in [0.1, 0.15) is 0 Å². The van der Waals surface area contributed by atoms with E-state index in [0.29, 0.717) is 36.1 Å². The summed E-state index contributed by atoms with van der Waals surface area (Å²) in [5, 5.41) is 0. The molecule has 2 N–H and O–H groups in total. The van der Waals surface area contributed by atoms with E-state index in [1.807, 2.05) is 4.90 Å². The molecule has 0 aromatic heterocycles. The molecule has 5 nitrogen and oxygen atoms in total. The molecule has 1 aliphatic rings. The monoisotopic (exact) mass is 278 g/mol. The maximum Gasteiger partial charge on any atom is 0.258 e. The van der Waals surface area contributed by atoms with Gasteiger partial charge in [0.15, 0.2) is 11.5 Å². The fourth-order valence-corrected chi connectivity index (χ4v) is 2.81. The Morgan fingerprint density at radius 1 is 1.40 bits per heavy atom. The molecule has 2 unspecified atom stereocenters. The maximum atomic E-state index is 12.7. The van der Waals surface area contributed by atoms with Crippen LogP contribution in [0.4, 0.5) is 0 Å². The molecular formula is C15H22N2O3. The molecule has 1 aromatic rings. The Hall–Kier alpha value is -1.75. The van der Waals surface area contributed by atoms with Crippen LogP contribution in [0.15, 0.2) is 18.2 Å². The Labute approximate surface area is 119 Å². The number of hydrogen-bond acceptors (Lipinski definition) is 4. The summed E-state index contributed by atoms with van der Waals surface area (Å²) in [4.78, 5) is 14.6. The quantitative estimate of drug-likeness (QED) is 0.906. The van der Waals surface area contributed by atoms with E-state index >= 15 is 0 Å². The zero-order chi connectivity index (χ0) is 14.7. The van der Waals surface area contributed by atoms with Crippen molar-refractivity contribution in [2.75, 3.05) is 27.3 Å². The summed E-state index contributed by atoms with van der Waals surface area (Å²) in [5.74, 6) is 1.42. The lowest BCUT2D eigenvalue weighted by Crippen LogP contribution is -2.34. The molecular weight excluding hydrogens is 256 g/mol. The van der Waals surface area contributed by atoms with Gasteiger partial charge in [-0.15, -0.1) is 0 Å². The van der Waals surface area contributed by atoms with Gasteiger partial charge in [0.25, 0.3) is 5.91 Å². The van der Waals surface area contributed by atoms with Crippen LogP contribution < -0.4 is 15.2 Å². The van der Waals surface area contributed by atoms with E-state index in [4.69, 9.17) is 15.2 Å². The molecule has 1 heterocycles. The first-order chi connectivity index (χ1) is 9.62. The van der Waals surface area contributed by atoms with E-state index < -0.39 is 0 Å². The molecule has 20 heavy (non-hydrogen) atoms. The van der Waals surface area contributed by atoms with Crippen LogP contribution in [0.1, 0.15) is 23.7 Å².